The Hall–Kier alpha value is -2.65. The predicted octanol–water partition coefficient (Wildman–Crippen LogP) is 2.71. The molecule has 2 aliphatic heterocycles. The highest BCUT2D eigenvalue weighted by molar-refractivity contribution is 8.14. The molecule has 0 aromatic heterocycles. The molecule has 31 heavy (non-hydrogen) atoms. The van der Waals surface area contributed by atoms with Crippen LogP contribution in [0.2, 0.25) is 0 Å². The number of nitrogens with zero attached hydrogens (tertiary/aromatic N) is 2. The van der Waals surface area contributed by atoms with E-state index in [0.717, 1.165) is 11.3 Å². The van der Waals surface area contributed by atoms with E-state index in [-0.39, 0.29) is 47.7 Å². The minimum Gasteiger partial charge on any atom is -0.460 e. The Bertz CT molecular complexity index is 1110. The molecule has 162 valence electrons. The van der Waals surface area contributed by atoms with Crippen molar-refractivity contribution in [2.75, 3.05) is 22.2 Å². The van der Waals surface area contributed by atoms with Crippen molar-refractivity contribution in [3.8, 4) is 0 Å². The highest BCUT2D eigenvalue weighted by atomic mass is 32.2. The monoisotopic (exact) mass is 458 g/mol. The summed E-state index contributed by atoms with van der Waals surface area (Å²) in [5.74, 6) is -0.327. The first kappa shape index (κ1) is 21.6. The van der Waals surface area contributed by atoms with Crippen molar-refractivity contribution in [1.29, 1.82) is 0 Å². The van der Waals surface area contributed by atoms with Crippen molar-refractivity contribution in [1.82, 2.24) is 0 Å². The molecule has 2 heterocycles. The summed E-state index contributed by atoms with van der Waals surface area (Å²) in [5.41, 5.74) is 2.23. The molecule has 2 aromatic rings. The maximum Gasteiger partial charge on any atom is 0.316 e. The zero-order chi connectivity index (χ0) is 22.0. The van der Waals surface area contributed by atoms with Gasteiger partial charge in [-0.3, -0.25) is 14.6 Å². The lowest BCUT2D eigenvalue weighted by Gasteiger charge is -2.26. The van der Waals surface area contributed by atoms with Gasteiger partial charge in [0.05, 0.1) is 29.3 Å². The number of hydrogen-bond donors (Lipinski definition) is 0. The lowest BCUT2D eigenvalue weighted by atomic mass is 10.1. The molecule has 1 fully saturated rings. The third kappa shape index (κ3) is 4.99. The van der Waals surface area contributed by atoms with Crippen LogP contribution in [0, 0.1) is 0 Å². The van der Waals surface area contributed by atoms with E-state index in [1.54, 1.807) is 24.3 Å². The van der Waals surface area contributed by atoms with Crippen molar-refractivity contribution < 1.29 is 22.7 Å². The fourth-order valence-electron chi connectivity index (χ4n) is 3.70. The number of aliphatic imine (C=N–C) groups is 1. The number of carbonyl (C=O) groups is 2. The summed E-state index contributed by atoms with van der Waals surface area (Å²) in [7, 11) is -3.17. The van der Waals surface area contributed by atoms with E-state index < -0.39 is 9.84 Å². The summed E-state index contributed by atoms with van der Waals surface area (Å²) < 4.78 is 29.6. The number of fused-ring (bicyclic) bond motifs is 1. The van der Waals surface area contributed by atoms with Gasteiger partial charge in [-0.1, -0.05) is 42.1 Å². The smallest absolute Gasteiger partial charge is 0.316 e. The first-order valence-electron chi connectivity index (χ1n) is 9.83. The Morgan fingerprint density at radius 2 is 1.81 bits per heavy atom. The number of ether oxygens (including phenoxy) is 1. The normalized spacial score (nSPS) is 21.5. The van der Waals surface area contributed by atoms with Crippen molar-refractivity contribution in [2.45, 2.75) is 25.6 Å². The van der Waals surface area contributed by atoms with Gasteiger partial charge in [-0.25, -0.2) is 8.42 Å². The Morgan fingerprint density at radius 3 is 2.48 bits per heavy atom. The number of thioether (sulfide) groups is 1. The molecule has 0 bridgehead atoms. The molecule has 0 N–H and O–H groups in total. The molecule has 7 nitrogen and oxygen atoms in total. The van der Waals surface area contributed by atoms with Crippen LogP contribution in [0.15, 0.2) is 59.6 Å². The fourth-order valence-corrected chi connectivity index (χ4v) is 6.46. The van der Waals surface area contributed by atoms with Crippen LogP contribution in [0.5, 0.6) is 0 Å². The van der Waals surface area contributed by atoms with Crippen LogP contribution in [0.25, 0.3) is 0 Å². The van der Waals surface area contributed by atoms with Crippen LogP contribution >= 0.6 is 11.8 Å². The standard InChI is InChI=1S/C22H22N2O5S2/c1-15(25)17-7-9-18(10-8-17)24-20-14-31(27,28)13-19(20)23-22(24)30-12-21(26)29-11-16-5-3-2-4-6-16/h2-10,19-20H,11-14H2,1H3/t19-,20-/m0/s1. The molecule has 1 saturated heterocycles. The largest absolute Gasteiger partial charge is 0.460 e. The van der Waals surface area contributed by atoms with Gasteiger partial charge in [-0.05, 0) is 36.8 Å². The molecule has 0 radical (unpaired) electrons. The topological polar surface area (TPSA) is 93.1 Å². The molecule has 0 unspecified atom stereocenters. The maximum absolute atomic E-state index is 12.2. The Kier molecular flexibility index (Phi) is 6.15. The minimum atomic E-state index is -3.17. The summed E-state index contributed by atoms with van der Waals surface area (Å²) >= 11 is 1.24. The van der Waals surface area contributed by atoms with Gasteiger partial charge in [0.25, 0.3) is 0 Å². The zero-order valence-electron chi connectivity index (χ0n) is 16.9. The second-order valence-corrected chi connectivity index (χ2v) is 10.6. The lowest BCUT2D eigenvalue weighted by Crippen LogP contribution is -2.39. The van der Waals surface area contributed by atoms with E-state index in [1.807, 2.05) is 35.2 Å². The van der Waals surface area contributed by atoms with Crippen molar-refractivity contribution in [3.63, 3.8) is 0 Å². The molecule has 0 amide bonds. The van der Waals surface area contributed by atoms with Crippen molar-refractivity contribution in [3.05, 3.63) is 65.7 Å². The number of rotatable bonds is 6. The molecule has 9 heteroatoms. The second kappa shape index (κ2) is 8.84. The van der Waals surface area contributed by atoms with E-state index in [1.165, 1.54) is 18.7 Å². The molecule has 0 spiro atoms. The average Bonchev–Trinajstić information content (AvgIpc) is 3.22. The fraction of sp³-hybridized carbons (Fsp3) is 0.318. The SMILES string of the molecule is CC(=O)c1ccc(N2C(SCC(=O)OCc3ccccc3)=N[C@H]3CS(=O)(=O)C[C@@H]32)cc1. The van der Waals surface area contributed by atoms with Crippen molar-refractivity contribution in [2.24, 2.45) is 4.99 Å². The highest BCUT2D eigenvalue weighted by Gasteiger charge is 2.47. The summed E-state index contributed by atoms with van der Waals surface area (Å²) in [6.07, 6.45) is 0. The van der Waals surface area contributed by atoms with Crippen LogP contribution in [-0.2, 0) is 26.0 Å². The maximum atomic E-state index is 12.2. The first-order chi connectivity index (χ1) is 14.8. The van der Waals surface area contributed by atoms with Gasteiger partial charge in [-0.15, -0.1) is 0 Å². The number of carbonyl (C=O) groups excluding carboxylic acids is 2. The lowest BCUT2D eigenvalue weighted by molar-refractivity contribution is -0.141. The van der Waals surface area contributed by atoms with Gasteiger partial charge in [-0.2, -0.15) is 0 Å². The van der Waals surface area contributed by atoms with E-state index in [4.69, 9.17) is 4.74 Å². The van der Waals surface area contributed by atoms with E-state index >= 15 is 0 Å². The number of benzene rings is 2. The van der Waals surface area contributed by atoms with E-state index in [0.29, 0.717) is 10.7 Å². The average molecular weight is 459 g/mol. The van der Waals surface area contributed by atoms with Crippen LogP contribution in [0.1, 0.15) is 22.8 Å². The summed E-state index contributed by atoms with van der Waals surface area (Å²) in [5, 5.41) is 0.595. The van der Waals surface area contributed by atoms with Crippen LogP contribution < -0.4 is 4.90 Å². The third-order valence-electron chi connectivity index (χ3n) is 5.22. The van der Waals surface area contributed by atoms with Gasteiger partial charge < -0.3 is 9.64 Å². The molecule has 0 saturated carbocycles. The Balaban J connectivity index is 1.46. The Labute approximate surface area is 185 Å². The number of ketones is 1. The van der Waals surface area contributed by atoms with Crippen LogP contribution in [-0.4, -0.2) is 54.7 Å². The predicted molar refractivity (Wildman–Crippen MR) is 121 cm³/mol. The number of anilines is 1. The molecule has 2 aliphatic rings. The van der Waals surface area contributed by atoms with Gasteiger partial charge in [0.1, 0.15) is 6.61 Å². The molecule has 2 aromatic carbocycles. The second-order valence-electron chi connectivity index (χ2n) is 7.53. The van der Waals surface area contributed by atoms with E-state index in [2.05, 4.69) is 4.99 Å². The molecular formula is C22H22N2O5S2. The third-order valence-corrected chi connectivity index (χ3v) is 7.86. The Morgan fingerprint density at radius 1 is 1.10 bits per heavy atom. The van der Waals surface area contributed by atoms with Gasteiger partial charge in [0.15, 0.2) is 20.8 Å². The summed E-state index contributed by atoms with van der Waals surface area (Å²) in [6, 6.07) is 15.8. The number of amidine groups is 1. The molecule has 0 aliphatic carbocycles. The minimum absolute atomic E-state index is 0.00219. The van der Waals surface area contributed by atoms with Gasteiger partial charge >= 0.3 is 5.97 Å². The number of esters is 1. The van der Waals surface area contributed by atoms with Gasteiger partial charge in [0.2, 0.25) is 0 Å². The quantitative estimate of drug-likeness (QED) is 0.485. The van der Waals surface area contributed by atoms with E-state index in [9.17, 15) is 18.0 Å². The number of Topliss-reactive ketones (excluding diaryl/α,β-unsaturated/α-hetero) is 1. The highest BCUT2D eigenvalue weighted by Crippen LogP contribution is 2.35. The van der Waals surface area contributed by atoms with Crippen LogP contribution in [0.3, 0.4) is 0 Å². The molecular weight excluding hydrogens is 436 g/mol. The van der Waals surface area contributed by atoms with Crippen LogP contribution in [0.4, 0.5) is 5.69 Å². The number of hydrogen-bond acceptors (Lipinski definition) is 8. The molecule has 4 rings (SSSR count). The first-order valence-corrected chi connectivity index (χ1v) is 12.6. The summed E-state index contributed by atoms with van der Waals surface area (Å²) in [6.45, 7) is 1.70. The van der Waals surface area contributed by atoms with Crippen molar-refractivity contribution >= 4 is 44.2 Å². The van der Waals surface area contributed by atoms with Gasteiger partial charge in [0, 0.05) is 11.3 Å². The zero-order valence-corrected chi connectivity index (χ0v) is 18.6. The number of sulfone groups is 1. The summed E-state index contributed by atoms with van der Waals surface area (Å²) in [4.78, 5) is 30.3. The molecule has 2 atom stereocenters.